The van der Waals surface area contributed by atoms with Crippen LogP contribution in [0.3, 0.4) is 0 Å². The Morgan fingerprint density at radius 2 is 2.21 bits per heavy atom. The highest BCUT2D eigenvalue weighted by Gasteiger charge is 2.35. The van der Waals surface area contributed by atoms with Crippen molar-refractivity contribution in [3.05, 3.63) is 11.1 Å². The third-order valence-corrected chi connectivity index (χ3v) is 5.85. The lowest BCUT2D eigenvalue weighted by atomic mass is 9.82. The van der Waals surface area contributed by atoms with Crippen molar-refractivity contribution >= 4 is 16.5 Å². The molecule has 1 saturated heterocycles. The second-order valence-corrected chi connectivity index (χ2v) is 6.99. The summed E-state index contributed by atoms with van der Waals surface area (Å²) in [6.45, 7) is 8.00. The highest BCUT2D eigenvalue weighted by atomic mass is 32.1. The predicted octanol–water partition coefficient (Wildman–Crippen LogP) is 3.41. The minimum absolute atomic E-state index is 0.540. The Balaban J connectivity index is 1.59. The average Bonchev–Trinajstić information content (AvgIpc) is 3.00. The topological polar surface area (TPSA) is 28.2 Å². The van der Waals surface area contributed by atoms with Crippen molar-refractivity contribution in [1.82, 2.24) is 10.3 Å². The summed E-state index contributed by atoms with van der Waals surface area (Å²) in [6.07, 6.45) is 6.61. The van der Waals surface area contributed by atoms with Crippen molar-refractivity contribution in [1.29, 1.82) is 0 Å². The first-order valence-corrected chi connectivity index (χ1v) is 8.55. The quantitative estimate of drug-likeness (QED) is 0.865. The summed E-state index contributed by atoms with van der Waals surface area (Å²) in [4.78, 5) is 7.31. The number of aromatic nitrogens is 1. The second-order valence-electron chi connectivity index (χ2n) is 6.16. The monoisotopic (exact) mass is 279 g/mol. The zero-order valence-corrected chi connectivity index (χ0v) is 12.9. The van der Waals surface area contributed by atoms with Crippen LogP contribution < -0.4 is 10.2 Å². The maximum absolute atomic E-state index is 4.81. The van der Waals surface area contributed by atoms with E-state index in [-0.39, 0.29) is 0 Å². The standard InChI is InChI=1S/C15H25N3S/c1-3-15(4-2)7-8-18(11-15)14-17-13(10-19-14)9-16-12-5-6-12/h10,12,16H,3-9,11H2,1-2H3. The van der Waals surface area contributed by atoms with E-state index in [1.165, 1.54) is 56.0 Å². The van der Waals surface area contributed by atoms with Gasteiger partial charge in [0.1, 0.15) is 0 Å². The summed E-state index contributed by atoms with van der Waals surface area (Å²) < 4.78 is 0. The van der Waals surface area contributed by atoms with Gasteiger partial charge in [-0.05, 0) is 37.5 Å². The largest absolute Gasteiger partial charge is 0.348 e. The summed E-state index contributed by atoms with van der Waals surface area (Å²) >= 11 is 1.82. The number of thiazole rings is 1. The molecule has 1 aliphatic carbocycles. The van der Waals surface area contributed by atoms with E-state index >= 15 is 0 Å². The molecule has 2 aliphatic rings. The van der Waals surface area contributed by atoms with E-state index in [0.29, 0.717) is 5.41 Å². The van der Waals surface area contributed by atoms with Crippen molar-refractivity contribution in [2.24, 2.45) is 5.41 Å². The molecule has 1 saturated carbocycles. The number of rotatable bonds is 6. The van der Waals surface area contributed by atoms with Gasteiger partial charge in [-0.15, -0.1) is 11.3 Å². The van der Waals surface area contributed by atoms with Crippen molar-refractivity contribution in [3.8, 4) is 0 Å². The van der Waals surface area contributed by atoms with Crippen molar-refractivity contribution in [2.75, 3.05) is 18.0 Å². The van der Waals surface area contributed by atoms with Crippen molar-refractivity contribution in [3.63, 3.8) is 0 Å². The Hall–Kier alpha value is -0.610. The Bertz CT molecular complexity index is 421. The normalized spacial score (nSPS) is 22.1. The van der Waals surface area contributed by atoms with E-state index in [0.717, 1.165) is 12.6 Å². The molecule has 3 nitrogen and oxygen atoms in total. The Labute approximate surface area is 120 Å². The number of hydrogen-bond donors (Lipinski definition) is 1. The molecule has 1 aliphatic heterocycles. The fourth-order valence-electron chi connectivity index (χ4n) is 2.98. The van der Waals surface area contributed by atoms with E-state index in [9.17, 15) is 0 Å². The minimum atomic E-state index is 0.540. The number of anilines is 1. The third-order valence-electron chi connectivity index (χ3n) is 4.90. The first-order valence-electron chi connectivity index (χ1n) is 7.67. The molecular weight excluding hydrogens is 254 g/mol. The molecule has 0 spiro atoms. The summed E-state index contributed by atoms with van der Waals surface area (Å²) in [5, 5.41) is 7.00. The van der Waals surface area contributed by atoms with Crippen LogP contribution in [-0.2, 0) is 6.54 Å². The molecule has 1 aromatic heterocycles. The van der Waals surface area contributed by atoms with E-state index in [1.807, 2.05) is 11.3 Å². The fourth-order valence-corrected chi connectivity index (χ4v) is 3.84. The summed E-state index contributed by atoms with van der Waals surface area (Å²) in [5.41, 5.74) is 1.76. The minimum Gasteiger partial charge on any atom is -0.348 e. The maximum Gasteiger partial charge on any atom is 0.185 e. The molecule has 0 bridgehead atoms. The van der Waals surface area contributed by atoms with Gasteiger partial charge in [0.05, 0.1) is 5.69 Å². The van der Waals surface area contributed by atoms with Crippen LogP contribution in [0.1, 0.15) is 51.6 Å². The molecule has 2 fully saturated rings. The summed E-state index contributed by atoms with van der Waals surface area (Å²) in [6, 6.07) is 0.768. The van der Waals surface area contributed by atoms with Crippen LogP contribution in [0.15, 0.2) is 5.38 Å². The van der Waals surface area contributed by atoms with Crippen LogP contribution in [-0.4, -0.2) is 24.1 Å². The van der Waals surface area contributed by atoms with Gasteiger partial charge in [0.2, 0.25) is 0 Å². The van der Waals surface area contributed by atoms with Gasteiger partial charge in [0.15, 0.2) is 5.13 Å². The summed E-state index contributed by atoms with van der Waals surface area (Å²) in [5.74, 6) is 0. The molecule has 0 radical (unpaired) electrons. The van der Waals surface area contributed by atoms with Crippen LogP contribution in [0.5, 0.6) is 0 Å². The van der Waals surface area contributed by atoms with Crippen LogP contribution in [0, 0.1) is 5.41 Å². The predicted molar refractivity (Wildman–Crippen MR) is 81.8 cm³/mol. The van der Waals surface area contributed by atoms with E-state index in [4.69, 9.17) is 4.98 Å². The molecule has 4 heteroatoms. The lowest BCUT2D eigenvalue weighted by Gasteiger charge is -2.26. The molecule has 19 heavy (non-hydrogen) atoms. The van der Waals surface area contributed by atoms with Gasteiger partial charge in [-0.1, -0.05) is 13.8 Å². The van der Waals surface area contributed by atoms with Crippen molar-refractivity contribution < 1.29 is 0 Å². The Kier molecular flexibility index (Phi) is 3.81. The van der Waals surface area contributed by atoms with Crippen LogP contribution in [0.4, 0.5) is 5.13 Å². The van der Waals surface area contributed by atoms with Gasteiger partial charge in [-0.25, -0.2) is 4.98 Å². The number of hydrogen-bond acceptors (Lipinski definition) is 4. The highest BCUT2D eigenvalue weighted by Crippen LogP contribution is 2.39. The highest BCUT2D eigenvalue weighted by molar-refractivity contribution is 7.13. The maximum atomic E-state index is 4.81. The van der Waals surface area contributed by atoms with Crippen molar-refractivity contribution in [2.45, 2.75) is 58.5 Å². The van der Waals surface area contributed by atoms with E-state index in [2.05, 4.69) is 29.4 Å². The third kappa shape index (κ3) is 2.95. The smallest absolute Gasteiger partial charge is 0.185 e. The summed E-state index contributed by atoms with van der Waals surface area (Å²) in [7, 11) is 0. The molecule has 0 amide bonds. The lowest BCUT2D eigenvalue weighted by molar-refractivity contribution is 0.301. The van der Waals surface area contributed by atoms with E-state index < -0.39 is 0 Å². The lowest BCUT2D eigenvalue weighted by Crippen LogP contribution is -2.26. The molecule has 106 valence electrons. The zero-order chi connectivity index (χ0) is 13.3. The van der Waals surface area contributed by atoms with Gasteiger partial charge in [0.25, 0.3) is 0 Å². The molecule has 0 unspecified atom stereocenters. The molecule has 0 atom stereocenters. The molecule has 3 rings (SSSR count). The van der Waals surface area contributed by atoms with E-state index in [1.54, 1.807) is 0 Å². The number of nitrogens with zero attached hydrogens (tertiary/aromatic N) is 2. The average molecular weight is 279 g/mol. The Morgan fingerprint density at radius 1 is 1.42 bits per heavy atom. The molecule has 1 N–H and O–H groups in total. The first-order chi connectivity index (χ1) is 9.24. The van der Waals surface area contributed by atoms with Crippen LogP contribution >= 0.6 is 11.3 Å². The zero-order valence-electron chi connectivity index (χ0n) is 12.1. The molecular formula is C15H25N3S. The van der Waals surface area contributed by atoms with Crippen LogP contribution in [0.2, 0.25) is 0 Å². The van der Waals surface area contributed by atoms with Gasteiger partial charge < -0.3 is 10.2 Å². The Morgan fingerprint density at radius 3 is 2.84 bits per heavy atom. The fraction of sp³-hybridized carbons (Fsp3) is 0.800. The van der Waals surface area contributed by atoms with Gasteiger partial charge >= 0.3 is 0 Å². The van der Waals surface area contributed by atoms with Gasteiger partial charge in [-0.2, -0.15) is 0 Å². The molecule has 0 aromatic carbocycles. The number of nitrogens with one attached hydrogen (secondary N) is 1. The van der Waals surface area contributed by atoms with Crippen LogP contribution in [0.25, 0.3) is 0 Å². The SMILES string of the molecule is CCC1(CC)CCN(c2nc(CNC3CC3)cs2)C1. The van der Waals surface area contributed by atoms with Gasteiger partial charge in [0, 0.05) is 31.1 Å². The first kappa shape index (κ1) is 13.4. The molecule has 2 heterocycles. The second kappa shape index (κ2) is 5.41. The van der Waals surface area contributed by atoms with Gasteiger partial charge in [-0.3, -0.25) is 0 Å². The molecule has 1 aromatic rings.